The van der Waals surface area contributed by atoms with Gasteiger partial charge in [-0.15, -0.1) is 0 Å². The highest BCUT2D eigenvalue weighted by Crippen LogP contribution is 2.26. The minimum Gasteiger partial charge on any atom is -0.497 e. The summed E-state index contributed by atoms with van der Waals surface area (Å²) in [6.07, 6.45) is 4.68. The van der Waals surface area contributed by atoms with Gasteiger partial charge in [-0.25, -0.2) is 4.98 Å². The second-order valence-electron chi connectivity index (χ2n) is 6.00. The van der Waals surface area contributed by atoms with Crippen molar-refractivity contribution < 1.29 is 9.53 Å². The van der Waals surface area contributed by atoms with E-state index in [4.69, 9.17) is 4.74 Å². The second-order valence-corrected chi connectivity index (χ2v) is 6.99. The van der Waals surface area contributed by atoms with E-state index >= 15 is 0 Å². The maximum Gasteiger partial charge on any atom is 0.230 e. The van der Waals surface area contributed by atoms with Crippen LogP contribution in [0.3, 0.4) is 0 Å². The van der Waals surface area contributed by atoms with Gasteiger partial charge in [-0.05, 0) is 43.5 Å². The molecule has 1 saturated carbocycles. The Hall–Kier alpha value is -1.75. The Kier molecular flexibility index (Phi) is 5.06. The number of fused-ring (bicyclic) bond motifs is 1. The smallest absolute Gasteiger partial charge is 0.230 e. The van der Waals surface area contributed by atoms with Gasteiger partial charge in [0.1, 0.15) is 5.75 Å². The number of amides is 1. The second kappa shape index (κ2) is 7.21. The van der Waals surface area contributed by atoms with E-state index in [1.54, 1.807) is 7.11 Å². The quantitative estimate of drug-likeness (QED) is 0.849. The van der Waals surface area contributed by atoms with Gasteiger partial charge in [0.05, 0.1) is 23.4 Å². The van der Waals surface area contributed by atoms with Gasteiger partial charge >= 0.3 is 0 Å². The summed E-state index contributed by atoms with van der Waals surface area (Å²) < 4.78 is 5.26. The van der Waals surface area contributed by atoms with E-state index in [1.165, 1.54) is 24.6 Å². The Morgan fingerprint density at radius 3 is 2.87 bits per heavy atom. The number of hydrogen-bond acceptors (Lipinski definition) is 4. The van der Waals surface area contributed by atoms with Crippen molar-refractivity contribution in [3.8, 4) is 5.75 Å². The van der Waals surface area contributed by atoms with Gasteiger partial charge < -0.3 is 10.1 Å². The van der Waals surface area contributed by atoms with Crippen LogP contribution in [-0.4, -0.2) is 29.8 Å². The summed E-state index contributed by atoms with van der Waals surface area (Å²) in [5.41, 5.74) is 2.07. The summed E-state index contributed by atoms with van der Waals surface area (Å²) in [5, 5.41) is 5.11. The molecule has 1 fully saturated rings. The zero-order valence-corrected chi connectivity index (χ0v) is 14.4. The number of benzene rings is 1. The lowest BCUT2D eigenvalue weighted by Gasteiger charge is -2.12. The highest BCUT2D eigenvalue weighted by molar-refractivity contribution is 7.99. The van der Waals surface area contributed by atoms with Crippen molar-refractivity contribution in [1.29, 1.82) is 0 Å². The number of pyridine rings is 1. The first-order valence-electron chi connectivity index (χ1n) is 8.03. The number of thioether (sulfide) groups is 1. The van der Waals surface area contributed by atoms with E-state index in [-0.39, 0.29) is 5.91 Å². The minimum atomic E-state index is 0.104. The molecule has 0 bridgehead atoms. The topological polar surface area (TPSA) is 51.2 Å². The summed E-state index contributed by atoms with van der Waals surface area (Å²) in [6.45, 7) is 2.07. The number of carbonyl (C=O) groups is 1. The Morgan fingerprint density at radius 1 is 1.35 bits per heavy atom. The number of ether oxygens (including phenoxy) is 1. The van der Waals surface area contributed by atoms with E-state index in [2.05, 4.69) is 17.2 Å². The van der Waals surface area contributed by atoms with E-state index in [0.717, 1.165) is 40.1 Å². The predicted molar refractivity (Wildman–Crippen MR) is 94.2 cm³/mol. The maximum absolute atomic E-state index is 12.0. The molecule has 0 unspecified atom stereocenters. The normalized spacial score (nSPS) is 15.0. The first-order valence-corrected chi connectivity index (χ1v) is 9.02. The number of carbonyl (C=O) groups excluding carboxylic acids is 1. The molecular weight excluding hydrogens is 308 g/mol. The Morgan fingerprint density at radius 2 is 2.13 bits per heavy atom. The lowest BCUT2D eigenvalue weighted by molar-refractivity contribution is -0.119. The molecule has 5 heteroatoms. The van der Waals surface area contributed by atoms with Crippen molar-refractivity contribution in [2.24, 2.45) is 0 Å². The molecule has 23 heavy (non-hydrogen) atoms. The third-order valence-corrected chi connectivity index (χ3v) is 5.18. The van der Waals surface area contributed by atoms with Gasteiger partial charge in [0.2, 0.25) is 5.91 Å². The predicted octanol–water partition coefficient (Wildman–Crippen LogP) is 3.70. The number of nitrogens with zero attached hydrogens (tertiary/aromatic N) is 1. The van der Waals surface area contributed by atoms with Crippen LogP contribution in [-0.2, 0) is 4.79 Å². The number of hydrogen-bond donors (Lipinski definition) is 1. The molecule has 0 aliphatic heterocycles. The molecule has 4 nitrogen and oxygen atoms in total. The molecule has 3 rings (SSSR count). The zero-order valence-electron chi connectivity index (χ0n) is 13.6. The lowest BCUT2D eigenvalue weighted by atomic mass is 10.1. The van der Waals surface area contributed by atoms with Crippen molar-refractivity contribution in [3.63, 3.8) is 0 Å². The Balaban J connectivity index is 1.68. The van der Waals surface area contributed by atoms with Gasteiger partial charge in [0.15, 0.2) is 0 Å². The average molecular weight is 330 g/mol. The van der Waals surface area contributed by atoms with E-state index in [1.807, 2.05) is 24.3 Å². The van der Waals surface area contributed by atoms with Crippen LogP contribution >= 0.6 is 11.8 Å². The first-order chi connectivity index (χ1) is 11.2. The zero-order chi connectivity index (χ0) is 16.2. The summed E-state index contributed by atoms with van der Waals surface area (Å²) in [6, 6.07) is 8.32. The van der Waals surface area contributed by atoms with Crippen LogP contribution in [0, 0.1) is 6.92 Å². The van der Waals surface area contributed by atoms with Crippen molar-refractivity contribution >= 4 is 28.6 Å². The van der Waals surface area contributed by atoms with Gasteiger partial charge in [-0.2, -0.15) is 0 Å². The minimum absolute atomic E-state index is 0.104. The number of methoxy groups -OCH3 is 1. The third kappa shape index (κ3) is 3.96. The van der Waals surface area contributed by atoms with Crippen LogP contribution in [0.5, 0.6) is 5.75 Å². The fourth-order valence-electron chi connectivity index (χ4n) is 3.03. The van der Waals surface area contributed by atoms with Gasteiger partial charge in [-0.3, -0.25) is 4.79 Å². The van der Waals surface area contributed by atoms with Crippen molar-refractivity contribution in [2.45, 2.75) is 43.7 Å². The fourth-order valence-corrected chi connectivity index (χ4v) is 3.82. The molecule has 1 heterocycles. The van der Waals surface area contributed by atoms with E-state index in [0.29, 0.717) is 11.8 Å². The SMILES string of the molecule is COc1ccc2c(C)cc(SCC(=O)NC3CCCC3)nc2c1. The summed E-state index contributed by atoms with van der Waals surface area (Å²) in [5.74, 6) is 1.32. The van der Waals surface area contributed by atoms with Crippen molar-refractivity contribution in [3.05, 3.63) is 29.8 Å². The van der Waals surface area contributed by atoms with Crippen LogP contribution in [0.15, 0.2) is 29.3 Å². The van der Waals surface area contributed by atoms with Crippen LogP contribution in [0.2, 0.25) is 0 Å². The highest BCUT2D eigenvalue weighted by atomic mass is 32.2. The molecule has 122 valence electrons. The monoisotopic (exact) mass is 330 g/mol. The first kappa shape index (κ1) is 16.1. The lowest BCUT2D eigenvalue weighted by Crippen LogP contribution is -2.33. The molecule has 1 amide bonds. The molecule has 2 aromatic rings. The number of rotatable bonds is 5. The highest BCUT2D eigenvalue weighted by Gasteiger charge is 2.17. The fraction of sp³-hybridized carbons (Fsp3) is 0.444. The molecule has 1 aliphatic carbocycles. The third-order valence-electron chi connectivity index (χ3n) is 4.27. The van der Waals surface area contributed by atoms with E-state index < -0.39 is 0 Å². The molecule has 0 saturated heterocycles. The van der Waals surface area contributed by atoms with Crippen LogP contribution < -0.4 is 10.1 Å². The van der Waals surface area contributed by atoms with Crippen molar-refractivity contribution in [1.82, 2.24) is 10.3 Å². The van der Waals surface area contributed by atoms with E-state index in [9.17, 15) is 4.79 Å². The summed E-state index contributed by atoms with van der Waals surface area (Å²) in [4.78, 5) is 16.7. The van der Waals surface area contributed by atoms with Crippen LogP contribution in [0.25, 0.3) is 10.9 Å². The average Bonchev–Trinajstić information content (AvgIpc) is 3.05. The number of aryl methyl sites for hydroxylation is 1. The molecule has 0 radical (unpaired) electrons. The number of aromatic nitrogens is 1. The molecule has 0 spiro atoms. The Labute approximate surface area is 141 Å². The van der Waals surface area contributed by atoms with Crippen LogP contribution in [0.4, 0.5) is 0 Å². The summed E-state index contributed by atoms with van der Waals surface area (Å²) in [7, 11) is 1.65. The molecule has 1 aliphatic rings. The van der Waals surface area contributed by atoms with Gasteiger partial charge in [-0.1, -0.05) is 24.6 Å². The molecule has 0 atom stereocenters. The van der Waals surface area contributed by atoms with Gasteiger partial charge in [0, 0.05) is 17.5 Å². The molecule has 1 aromatic carbocycles. The van der Waals surface area contributed by atoms with Crippen LogP contribution in [0.1, 0.15) is 31.2 Å². The molecule has 1 N–H and O–H groups in total. The standard InChI is InChI=1S/C18H22N2O2S/c1-12-9-18(20-16-10-14(22-2)7-8-15(12)16)23-11-17(21)19-13-5-3-4-6-13/h7-10,13H,3-6,11H2,1-2H3,(H,19,21). The summed E-state index contributed by atoms with van der Waals surface area (Å²) >= 11 is 1.49. The maximum atomic E-state index is 12.0. The Bertz CT molecular complexity index is 711. The van der Waals surface area contributed by atoms with Gasteiger partial charge in [0.25, 0.3) is 0 Å². The molecular formula is C18H22N2O2S. The number of nitrogens with one attached hydrogen (secondary N) is 1. The van der Waals surface area contributed by atoms with Crippen molar-refractivity contribution in [2.75, 3.05) is 12.9 Å². The molecule has 1 aromatic heterocycles. The largest absolute Gasteiger partial charge is 0.497 e.